The van der Waals surface area contributed by atoms with Gasteiger partial charge in [0.05, 0.1) is 0 Å². The molecule has 113 valence electrons. The molecule has 1 aliphatic rings. The van der Waals surface area contributed by atoms with Crippen LogP contribution in [-0.2, 0) is 18.6 Å². The monoisotopic (exact) mass is 305 g/mol. The molecule has 19 heavy (non-hydrogen) atoms. The van der Waals surface area contributed by atoms with Crippen LogP contribution in [0.5, 0.6) is 0 Å². The van der Waals surface area contributed by atoms with Crippen LogP contribution in [0.1, 0.15) is 34.1 Å². The SMILES string of the molecule is C[N-]CCCN1CCN(CC(C)C)CC1C(C)C.[V]. The molecule has 0 bridgehead atoms. The standard InChI is InChI=1S/C15H32N3.V/c1-13(2)11-17-9-10-18(8-6-7-16-5)15(12-17)14(3)4;/h13-15H,6-12H2,1-5H3;/q-1;. The number of rotatable bonds is 7. The van der Waals surface area contributed by atoms with Crippen LogP contribution in [0.3, 0.4) is 0 Å². The van der Waals surface area contributed by atoms with E-state index in [4.69, 9.17) is 0 Å². The van der Waals surface area contributed by atoms with E-state index in [0.29, 0.717) is 0 Å². The number of nitrogens with zero attached hydrogens (tertiary/aromatic N) is 3. The Labute approximate surface area is 132 Å². The topological polar surface area (TPSA) is 20.6 Å². The van der Waals surface area contributed by atoms with E-state index in [1.54, 1.807) is 0 Å². The molecule has 1 unspecified atom stereocenters. The molecule has 0 aromatic rings. The van der Waals surface area contributed by atoms with Gasteiger partial charge in [-0.05, 0) is 18.4 Å². The average molecular weight is 305 g/mol. The van der Waals surface area contributed by atoms with Gasteiger partial charge in [-0.15, -0.1) is 6.54 Å². The van der Waals surface area contributed by atoms with Crippen LogP contribution < -0.4 is 0 Å². The zero-order chi connectivity index (χ0) is 13.5. The quantitative estimate of drug-likeness (QED) is 0.674. The summed E-state index contributed by atoms with van der Waals surface area (Å²) in [5, 5.41) is 4.21. The van der Waals surface area contributed by atoms with E-state index in [1.807, 2.05) is 7.05 Å². The molecule has 0 aromatic heterocycles. The van der Waals surface area contributed by atoms with Crippen molar-refractivity contribution in [3.8, 4) is 0 Å². The number of hydrogen-bond acceptors (Lipinski definition) is 2. The zero-order valence-corrected chi connectivity index (χ0v) is 14.9. The minimum atomic E-state index is 0. The molecule has 1 aliphatic heterocycles. The first-order valence-electron chi connectivity index (χ1n) is 7.56. The molecule has 0 amide bonds. The van der Waals surface area contributed by atoms with Gasteiger partial charge in [0.25, 0.3) is 0 Å². The summed E-state index contributed by atoms with van der Waals surface area (Å²) >= 11 is 0. The Morgan fingerprint density at radius 2 is 1.84 bits per heavy atom. The molecule has 1 atom stereocenters. The molecule has 4 heteroatoms. The second-order valence-corrected chi connectivity index (χ2v) is 6.39. The van der Waals surface area contributed by atoms with Gasteiger partial charge in [-0.2, -0.15) is 7.05 Å². The molecule has 0 N–H and O–H groups in total. The van der Waals surface area contributed by atoms with Crippen LogP contribution in [0.4, 0.5) is 0 Å². The Morgan fingerprint density at radius 1 is 1.16 bits per heavy atom. The summed E-state index contributed by atoms with van der Waals surface area (Å²) in [6.45, 7) is 16.6. The van der Waals surface area contributed by atoms with Crippen molar-refractivity contribution in [3.05, 3.63) is 5.32 Å². The van der Waals surface area contributed by atoms with Crippen molar-refractivity contribution in [2.24, 2.45) is 11.8 Å². The normalized spacial score (nSPS) is 21.9. The molecule has 0 saturated carbocycles. The van der Waals surface area contributed by atoms with Crippen molar-refractivity contribution >= 4 is 0 Å². The summed E-state index contributed by atoms with van der Waals surface area (Å²) in [6.07, 6.45) is 1.21. The van der Waals surface area contributed by atoms with Crippen molar-refractivity contribution in [2.45, 2.75) is 40.2 Å². The molecule has 1 heterocycles. The molecule has 1 rings (SSSR count). The summed E-state index contributed by atoms with van der Waals surface area (Å²) in [5.41, 5.74) is 0. The third-order valence-electron chi connectivity index (χ3n) is 3.84. The fourth-order valence-electron chi connectivity index (χ4n) is 2.93. The molecule has 1 fully saturated rings. The van der Waals surface area contributed by atoms with Gasteiger partial charge >= 0.3 is 0 Å². The van der Waals surface area contributed by atoms with Crippen LogP contribution in [0.2, 0.25) is 0 Å². The third-order valence-corrected chi connectivity index (χ3v) is 3.84. The van der Waals surface area contributed by atoms with E-state index in [1.165, 1.54) is 39.1 Å². The molecular weight excluding hydrogens is 273 g/mol. The molecule has 1 saturated heterocycles. The van der Waals surface area contributed by atoms with E-state index >= 15 is 0 Å². The number of hydrogen-bond donors (Lipinski definition) is 0. The first-order chi connectivity index (χ1) is 8.54. The molecule has 0 aliphatic carbocycles. The first-order valence-corrected chi connectivity index (χ1v) is 7.56. The zero-order valence-electron chi connectivity index (χ0n) is 13.5. The Balaban J connectivity index is 0.00000324. The van der Waals surface area contributed by atoms with Gasteiger partial charge < -0.3 is 10.2 Å². The minimum Gasteiger partial charge on any atom is -0.665 e. The average Bonchev–Trinajstić information content (AvgIpc) is 2.30. The summed E-state index contributed by atoms with van der Waals surface area (Å²) in [4.78, 5) is 5.34. The Bertz CT molecular complexity index is 221. The van der Waals surface area contributed by atoms with E-state index in [9.17, 15) is 0 Å². The van der Waals surface area contributed by atoms with Crippen LogP contribution in [0, 0.1) is 11.8 Å². The smallest absolute Gasteiger partial charge is 0.0246 e. The predicted octanol–water partition coefficient (Wildman–Crippen LogP) is 2.68. The summed E-state index contributed by atoms with van der Waals surface area (Å²) in [7, 11) is 1.92. The predicted molar refractivity (Wildman–Crippen MR) is 80.2 cm³/mol. The second-order valence-electron chi connectivity index (χ2n) is 6.39. The van der Waals surface area contributed by atoms with Crippen molar-refractivity contribution in [3.63, 3.8) is 0 Å². The minimum absolute atomic E-state index is 0. The largest absolute Gasteiger partial charge is 0.665 e. The van der Waals surface area contributed by atoms with Crippen molar-refractivity contribution < 1.29 is 18.6 Å². The van der Waals surface area contributed by atoms with E-state index in [-0.39, 0.29) is 18.6 Å². The van der Waals surface area contributed by atoms with Crippen molar-refractivity contribution in [1.82, 2.24) is 9.80 Å². The van der Waals surface area contributed by atoms with Gasteiger partial charge in [0.1, 0.15) is 0 Å². The van der Waals surface area contributed by atoms with Gasteiger partial charge in [0.2, 0.25) is 0 Å². The first kappa shape index (κ1) is 19.5. The van der Waals surface area contributed by atoms with Gasteiger partial charge in [0, 0.05) is 50.8 Å². The molecule has 0 spiro atoms. The summed E-state index contributed by atoms with van der Waals surface area (Å²) in [5.74, 6) is 1.53. The maximum Gasteiger partial charge on any atom is 0.0246 e. The molecular formula is C15H32N3V-. The summed E-state index contributed by atoms with van der Waals surface area (Å²) in [6, 6.07) is 0.731. The Kier molecular flexibility index (Phi) is 10.5. The second kappa shape index (κ2) is 10.2. The maximum absolute atomic E-state index is 4.21. The van der Waals surface area contributed by atoms with Gasteiger partial charge in [0.15, 0.2) is 0 Å². The van der Waals surface area contributed by atoms with Crippen LogP contribution in [0.15, 0.2) is 0 Å². The van der Waals surface area contributed by atoms with Crippen LogP contribution in [0.25, 0.3) is 5.32 Å². The van der Waals surface area contributed by atoms with Gasteiger partial charge in [-0.1, -0.05) is 34.1 Å². The van der Waals surface area contributed by atoms with Gasteiger partial charge in [-0.25, -0.2) is 0 Å². The number of piperazine rings is 1. The fourth-order valence-corrected chi connectivity index (χ4v) is 2.93. The van der Waals surface area contributed by atoms with Crippen molar-refractivity contribution in [2.75, 3.05) is 46.3 Å². The van der Waals surface area contributed by atoms with E-state index in [2.05, 4.69) is 42.8 Å². The van der Waals surface area contributed by atoms with Crippen LogP contribution >= 0.6 is 0 Å². The van der Waals surface area contributed by atoms with E-state index in [0.717, 1.165) is 24.4 Å². The molecule has 0 aromatic carbocycles. The summed E-state index contributed by atoms with van der Waals surface area (Å²) < 4.78 is 0. The van der Waals surface area contributed by atoms with E-state index < -0.39 is 0 Å². The Hall–Kier alpha value is 0.464. The maximum atomic E-state index is 4.21. The fraction of sp³-hybridized carbons (Fsp3) is 1.00. The molecule has 1 radical (unpaired) electrons. The van der Waals surface area contributed by atoms with Crippen molar-refractivity contribution in [1.29, 1.82) is 0 Å². The Morgan fingerprint density at radius 3 is 2.37 bits per heavy atom. The van der Waals surface area contributed by atoms with Gasteiger partial charge in [-0.3, -0.25) is 4.90 Å². The third kappa shape index (κ3) is 7.15. The van der Waals surface area contributed by atoms with Crippen LogP contribution in [-0.4, -0.2) is 62.2 Å². The molecule has 3 nitrogen and oxygen atoms in total.